The van der Waals surface area contributed by atoms with E-state index in [2.05, 4.69) is 24.4 Å². The van der Waals surface area contributed by atoms with Crippen molar-refractivity contribution >= 4 is 23.4 Å². The van der Waals surface area contributed by atoms with Gasteiger partial charge in [-0.1, -0.05) is 37.6 Å². The van der Waals surface area contributed by atoms with E-state index in [4.69, 9.17) is 0 Å². The van der Waals surface area contributed by atoms with Gasteiger partial charge in [-0.15, -0.1) is 0 Å². The van der Waals surface area contributed by atoms with Crippen LogP contribution in [0.4, 0.5) is 5.69 Å². The third kappa shape index (κ3) is 5.72. The zero-order valence-electron chi connectivity index (χ0n) is 18.6. The number of aryl methyl sites for hydroxylation is 1. The van der Waals surface area contributed by atoms with Gasteiger partial charge in [-0.25, -0.2) is 0 Å². The second-order valence-electron chi connectivity index (χ2n) is 8.29. The number of hydrogen-bond donors (Lipinski definition) is 1. The van der Waals surface area contributed by atoms with Gasteiger partial charge in [0.05, 0.1) is 5.92 Å². The number of unbranched alkanes of at least 4 members (excludes halogenated alkanes) is 1. The number of carbonyl (C=O) groups excluding carboxylic acids is 3. The van der Waals surface area contributed by atoms with E-state index in [1.807, 2.05) is 24.3 Å². The Bertz CT molecular complexity index is 920. The normalized spacial score (nSPS) is 15.8. The molecule has 6 nitrogen and oxygen atoms in total. The first kappa shape index (κ1) is 22.5. The van der Waals surface area contributed by atoms with Crippen molar-refractivity contribution in [2.24, 2.45) is 5.92 Å². The van der Waals surface area contributed by atoms with Crippen molar-refractivity contribution in [1.29, 1.82) is 0 Å². The van der Waals surface area contributed by atoms with Gasteiger partial charge >= 0.3 is 0 Å². The van der Waals surface area contributed by atoms with Gasteiger partial charge in [0.1, 0.15) is 0 Å². The molecule has 0 aliphatic carbocycles. The average molecular weight is 422 g/mol. The molecule has 0 bridgehead atoms. The summed E-state index contributed by atoms with van der Waals surface area (Å²) in [6, 6.07) is 15.3. The summed E-state index contributed by atoms with van der Waals surface area (Å²) in [4.78, 5) is 40.3. The quantitative estimate of drug-likeness (QED) is 0.710. The highest BCUT2D eigenvalue weighted by molar-refractivity contribution is 6.00. The fourth-order valence-electron chi connectivity index (χ4n) is 3.71. The number of benzene rings is 2. The standard InChI is InChI=1S/C25H31N3O3/c1-4-5-6-18-9-13-22(14-10-18)28-17-21(15-23(28)29)24(30)26-16-19-7-11-20(12-8-19)25(31)27(2)3/h7-14,21H,4-6,15-17H2,1-3H3,(H,26,30). The van der Waals surface area contributed by atoms with E-state index in [0.717, 1.165) is 30.5 Å². The predicted molar refractivity (Wildman–Crippen MR) is 122 cm³/mol. The van der Waals surface area contributed by atoms with Crippen LogP contribution in [0.2, 0.25) is 0 Å². The molecule has 1 aliphatic rings. The highest BCUT2D eigenvalue weighted by atomic mass is 16.2. The Kier molecular flexibility index (Phi) is 7.45. The minimum Gasteiger partial charge on any atom is -0.352 e. The molecule has 1 heterocycles. The Morgan fingerprint density at radius 3 is 2.29 bits per heavy atom. The van der Waals surface area contributed by atoms with Crippen LogP contribution < -0.4 is 10.2 Å². The Hall–Kier alpha value is -3.15. The van der Waals surface area contributed by atoms with Crippen LogP contribution in [0.25, 0.3) is 0 Å². The number of hydrogen-bond acceptors (Lipinski definition) is 3. The molecule has 1 fully saturated rings. The summed E-state index contributed by atoms with van der Waals surface area (Å²) >= 11 is 0. The van der Waals surface area contributed by atoms with Crippen LogP contribution in [0.1, 0.15) is 47.7 Å². The first-order chi connectivity index (χ1) is 14.9. The summed E-state index contributed by atoms with van der Waals surface area (Å²) in [7, 11) is 3.42. The summed E-state index contributed by atoms with van der Waals surface area (Å²) in [5.74, 6) is -0.558. The van der Waals surface area contributed by atoms with Gasteiger partial charge in [0.2, 0.25) is 11.8 Å². The van der Waals surface area contributed by atoms with Crippen molar-refractivity contribution in [2.75, 3.05) is 25.5 Å². The molecule has 1 unspecified atom stereocenters. The van der Waals surface area contributed by atoms with Gasteiger partial charge in [0.15, 0.2) is 0 Å². The third-order valence-electron chi connectivity index (χ3n) is 5.64. The summed E-state index contributed by atoms with van der Waals surface area (Å²) in [5, 5.41) is 2.92. The number of anilines is 1. The molecule has 0 radical (unpaired) electrons. The number of nitrogens with zero attached hydrogens (tertiary/aromatic N) is 2. The molecular formula is C25H31N3O3. The van der Waals surface area contributed by atoms with Crippen LogP contribution in [0.5, 0.6) is 0 Å². The fourth-order valence-corrected chi connectivity index (χ4v) is 3.71. The minimum absolute atomic E-state index is 0.0204. The van der Waals surface area contributed by atoms with E-state index < -0.39 is 0 Å². The topological polar surface area (TPSA) is 69.7 Å². The fraction of sp³-hybridized carbons (Fsp3) is 0.400. The number of amides is 3. The lowest BCUT2D eigenvalue weighted by atomic mass is 10.1. The van der Waals surface area contributed by atoms with Gasteiger partial charge in [-0.3, -0.25) is 14.4 Å². The van der Waals surface area contributed by atoms with Crippen molar-refractivity contribution in [3.63, 3.8) is 0 Å². The summed E-state index contributed by atoms with van der Waals surface area (Å²) in [6.45, 7) is 2.94. The Morgan fingerprint density at radius 2 is 1.68 bits per heavy atom. The maximum atomic E-state index is 12.6. The van der Waals surface area contributed by atoms with Crippen molar-refractivity contribution in [3.05, 3.63) is 65.2 Å². The molecule has 1 N–H and O–H groups in total. The monoisotopic (exact) mass is 421 g/mol. The van der Waals surface area contributed by atoms with E-state index in [9.17, 15) is 14.4 Å². The SMILES string of the molecule is CCCCc1ccc(N2CC(C(=O)NCc3ccc(C(=O)N(C)C)cc3)CC2=O)cc1. The van der Waals surface area contributed by atoms with Gasteiger partial charge in [0, 0.05) is 44.9 Å². The van der Waals surface area contributed by atoms with Gasteiger partial charge in [-0.05, 0) is 48.2 Å². The molecule has 6 heteroatoms. The van der Waals surface area contributed by atoms with E-state index in [0.29, 0.717) is 18.7 Å². The highest BCUT2D eigenvalue weighted by Gasteiger charge is 2.34. The summed E-state index contributed by atoms with van der Waals surface area (Å²) < 4.78 is 0. The largest absolute Gasteiger partial charge is 0.352 e. The Balaban J connectivity index is 1.53. The van der Waals surface area contributed by atoms with Crippen molar-refractivity contribution < 1.29 is 14.4 Å². The summed E-state index contributed by atoms with van der Waals surface area (Å²) in [5.41, 5.74) is 3.64. The van der Waals surface area contributed by atoms with E-state index in [-0.39, 0.29) is 30.1 Å². The zero-order valence-corrected chi connectivity index (χ0v) is 18.6. The van der Waals surface area contributed by atoms with Gasteiger partial charge in [-0.2, -0.15) is 0 Å². The zero-order chi connectivity index (χ0) is 22.4. The second kappa shape index (κ2) is 10.2. The molecule has 3 rings (SSSR count). The van der Waals surface area contributed by atoms with Crippen LogP contribution in [0.15, 0.2) is 48.5 Å². The molecule has 164 valence electrons. The van der Waals surface area contributed by atoms with Crippen molar-refractivity contribution in [2.45, 2.75) is 39.2 Å². The highest BCUT2D eigenvalue weighted by Crippen LogP contribution is 2.26. The first-order valence-corrected chi connectivity index (χ1v) is 10.9. The smallest absolute Gasteiger partial charge is 0.253 e. The van der Waals surface area contributed by atoms with Gasteiger partial charge in [0.25, 0.3) is 5.91 Å². The molecule has 1 saturated heterocycles. The number of carbonyl (C=O) groups is 3. The third-order valence-corrected chi connectivity index (χ3v) is 5.64. The van der Waals surface area contributed by atoms with Crippen LogP contribution in [-0.4, -0.2) is 43.3 Å². The molecule has 3 amide bonds. The molecule has 1 aliphatic heterocycles. The maximum absolute atomic E-state index is 12.6. The Labute approximate surface area is 184 Å². The van der Waals surface area contributed by atoms with Gasteiger partial charge < -0.3 is 15.1 Å². The maximum Gasteiger partial charge on any atom is 0.253 e. The average Bonchev–Trinajstić information content (AvgIpc) is 3.17. The second-order valence-corrected chi connectivity index (χ2v) is 8.29. The lowest BCUT2D eigenvalue weighted by molar-refractivity contribution is -0.126. The molecule has 31 heavy (non-hydrogen) atoms. The molecule has 0 saturated carbocycles. The molecule has 0 spiro atoms. The number of rotatable bonds is 8. The summed E-state index contributed by atoms with van der Waals surface area (Å²) in [6.07, 6.45) is 3.57. The molecule has 2 aromatic carbocycles. The van der Waals surface area contributed by atoms with Crippen LogP contribution in [0.3, 0.4) is 0 Å². The molecule has 0 aromatic heterocycles. The van der Waals surface area contributed by atoms with Crippen LogP contribution >= 0.6 is 0 Å². The Morgan fingerprint density at radius 1 is 1.03 bits per heavy atom. The van der Waals surface area contributed by atoms with E-state index >= 15 is 0 Å². The van der Waals surface area contributed by atoms with Crippen molar-refractivity contribution in [1.82, 2.24) is 10.2 Å². The lowest BCUT2D eigenvalue weighted by Gasteiger charge is -2.17. The van der Waals surface area contributed by atoms with Crippen molar-refractivity contribution in [3.8, 4) is 0 Å². The lowest BCUT2D eigenvalue weighted by Crippen LogP contribution is -2.32. The van der Waals surface area contributed by atoms with E-state index in [1.54, 1.807) is 31.1 Å². The minimum atomic E-state index is -0.359. The molecule has 2 aromatic rings. The van der Waals surface area contributed by atoms with Crippen LogP contribution in [0, 0.1) is 5.92 Å². The molecular weight excluding hydrogens is 390 g/mol. The van der Waals surface area contributed by atoms with Crippen LogP contribution in [-0.2, 0) is 22.6 Å². The first-order valence-electron chi connectivity index (χ1n) is 10.9. The number of nitrogens with one attached hydrogen (secondary N) is 1. The van der Waals surface area contributed by atoms with E-state index in [1.165, 1.54) is 10.5 Å². The molecule has 1 atom stereocenters. The predicted octanol–water partition coefficient (Wildman–Crippen LogP) is 3.40.